The van der Waals surface area contributed by atoms with Crippen LogP contribution in [0.1, 0.15) is 29.4 Å². The Kier molecular flexibility index (Phi) is 4.39. The van der Waals surface area contributed by atoms with Crippen LogP contribution in [-0.4, -0.2) is 62.7 Å². The fraction of sp³-hybridized carbons (Fsp3) is 0.615. The Morgan fingerprint density at radius 2 is 2.05 bits per heavy atom. The molecule has 0 unspecified atom stereocenters. The van der Waals surface area contributed by atoms with Gasteiger partial charge in [0, 0.05) is 46.7 Å². The largest absolute Gasteiger partial charge is 0.478 e. The van der Waals surface area contributed by atoms with E-state index in [1.54, 1.807) is 18.7 Å². The van der Waals surface area contributed by atoms with Gasteiger partial charge >= 0.3 is 5.97 Å². The van der Waals surface area contributed by atoms with Crippen LogP contribution in [0.25, 0.3) is 0 Å². The first kappa shape index (κ1) is 14.5. The first-order valence-electron chi connectivity index (χ1n) is 6.71. The highest BCUT2D eigenvalue weighted by Crippen LogP contribution is 2.13. The smallest absolute Gasteiger partial charge is 0.339 e. The Balaban J connectivity index is 2.05. The van der Waals surface area contributed by atoms with E-state index >= 15 is 0 Å². The van der Waals surface area contributed by atoms with Crippen LogP contribution in [0.4, 0.5) is 0 Å². The summed E-state index contributed by atoms with van der Waals surface area (Å²) in [5.41, 5.74) is 0.953. The summed E-state index contributed by atoms with van der Waals surface area (Å²) < 4.78 is 1.61. The number of carboxylic acids is 1. The number of carbonyl (C=O) groups excluding carboxylic acids is 1. The van der Waals surface area contributed by atoms with Crippen molar-refractivity contribution in [3.8, 4) is 0 Å². The van der Waals surface area contributed by atoms with E-state index in [9.17, 15) is 9.59 Å². The lowest BCUT2D eigenvalue weighted by atomic mass is 10.2. The number of aryl methyl sites for hydroxylation is 1. The summed E-state index contributed by atoms with van der Waals surface area (Å²) in [6, 6.07) is 0. The minimum atomic E-state index is -0.951. The van der Waals surface area contributed by atoms with Crippen LogP contribution in [-0.2, 0) is 18.4 Å². The lowest BCUT2D eigenvalue weighted by molar-refractivity contribution is -0.128. The number of rotatable bonds is 3. The number of aromatic carboxylic acids is 1. The van der Waals surface area contributed by atoms with Crippen LogP contribution < -0.4 is 0 Å². The number of amides is 1. The molecule has 2 rings (SSSR count). The Morgan fingerprint density at radius 1 is 1.30 bits per heavy atom. The van der Waals surface area contributed by atoms with Crippen molar-refractivity contribution >= 4 is 11.9 Å². The van der Waals surface area contributed by atoms with E-state index < -0.39 is 5.97 Å². The van der Waals surface area contributed by atoms with Gasteiger partial charge in [-0.15, -0.1) is 0 Å². The van der Waals surface area contributed by atoms with Crippen molar-refractivity contribution in [1.29, 1.82) is 0 Å². The molecule has 1 aromatic rings. The van der Waals surface area contributed by atoms with Crippen LogP contribution in [0.5, 0.6) is 0 Å². The van der Waals surface area contributed by atoms with Crippen LogP contribution in [0.2, 0.25) is 0 Å². The van der Waals surface area contributed by atoms with Gasteiger partial charge in [-0.2, -0.15) is 5.10 Å². The average molecular weight is 280 g/mol. The first-order chi connectivity index (χ1) is 9.49. The molecule has 110 valence electrons. The number of nitrogens with zero attached hydrogens (tertiary/aromatic N) is 4. The number of hydrogen-bond acceptors (Lipinski definition) is 4. The van der Waals surface area contributed by atoms with E-state index in [1.807, 2.05) is 4.90 Å². The fourth-order valence-corrected chi connectivity index (χ4v) is 2.48. The molecule has 0 aliphatic carbocycles. The van der Waals surface area contributed by atoms with E-state index in [2.05, 4.69) is 10.00 Å². The summed E-state index contributed by atoms with van der Waals surface area (Å²) in [6.45, 7) is 5.19. The summed E-state index contributed by atoms with van der Waals surface area (Å²) in [4.78, 5) is 26.6. The van der Waals surface area contributed by atoms with Gasteiger partial charge in [0.1, 0.15) is 5.56 Å². The Morgan fingerprint density at radius 3 is 2.70 bits per heavy atom. The van der Waals surface area contributed by atoms with Gasteiger partial charge in [0.2, 0.25) is 5.91 Å². The van der Waals surface area contributed by atoms with E-state index in [1.165, 1.54) is 6.20 Å². The summed E-state index contributed by atoms with van der Waals surface area (Å²) in [5.74, 6) is -0.855. The molecule has 1 N–H and O–H groups in total. The molecule has 1 aromatic heterocycles. The van der Waals surface area contributed by atoms with Crippen LogP contribution in [0.15, 0.2) is 6.20 Å². The second-order valence-corrected chi connectivity index (χ2v) is 5.07. The molecular formula is C13H20N4O3. The van der Waals surface area contributed by atoms with E-state index in [0.29, 0.717) is 18.8 Å². The monoisotopic (exact) mass is 280 g/mol. The molecule has 1 fully saturated rings. The average Bonchev–Trinajstić information content (AvgIpc) is 2.61. The van der Waals surface area contributed by atoms with Gasteiger partial charge in [-0.25, -0.2) is 4.79 Å². The maximum absolute atomic E-state index is 11.4. The lowest BCUT2D eigenvalue weighted by Gasteiger charge is -2.21. The zero-order chi connectivity index (χ0) is 14.7. The Bertz CT molecular complexity index is 512. The quantitative estimate of drug-likeness (QED) is 0.854. The Labute approximate surface area is 117 Å². The van der Waals surface area contributed by atoms with Crippen LogP contribution >= 0.6 is 0 Å². The topological polar surface area (TPSA) is 78.7 Å². The third kappa shape index (κ3) is 3.16. The predicted molar refractivity (Wildman–Crippen MR) is 72.3 cm³/mol. The van der Waals surface area contributed by atoms with Crippen molar-refractivity contribution in [2.24, 2.45) is 7.05 Å². The molecule has 1 aliphatic heterocycles. The van der Waals surface area contributed by atoms with Crippen molar-refractivity contribution in [2.75, 3.05) is 26.2 Å². The molecule has 0 atom stereocenters. The summed E-state index contributed by atoms with van der Waals surface area (Å²) in [5, 5.41) is 13.2. The van der Waals surface area contributed by atoms with E-state index in [4.69, 9.17) is 5.11 Å². The molecular weight excluding hydrogens is 260 g/mol. The first-order valence-corrected chi connectivity index (χ1v) is 6.71. The number of hydrogen-bond donors (Lipinski definition) is 1. The molecule has 1 saturated heterocycles. The summed E-state index contributed by atoms with van der Waals surface area (Å²) in [7, 11) is 1.75. The summed E-state index contributed by atoms with van der Waals surface area (Å²) in [6.07, 6.45) is 2.29. The maximum Gasteiger partial charge on any atom is 0.339 e. The number of carboxylic acid groups (broad SMARTS) is 1. The maximum atomic E-state index is 11.4. The Hall–Kier alpha value is -1.89. The highest BCUT2D eigenvalue weighted by molar-refractivity contribution is 5.88. The summed E-state index contributed by atoms with van der Waals surface area (Å²) >= 11 is 0. The fourth-order valence-electron chi connectivity index (χ4n) is 2.48. The molecule has 0 aromatic carbocycles. The zero-order valence-electron chi connectivity index (χ0n) is 11.9. The van der Waals surface area contributed by atoms with Crippen molar-refractivity contribution in [1.82, 2.24) is 19.6 Å². The van der Waals surface area contributed by atoms with Crippen LogP contribution in [0.3, 0.4) is 0 Å². The van der Waals surface area contributed by atoms with Gasteiger partial charge in [0.15, 0.2) is 0 Å². The number of aromatic nitrogens is 2. The van der Waals surface area contributed by atoms with Crippen molar-refractivity contribution in [3.05, 3.63) is 17.5 Å². The molecule has 1 amide bonds. The van der Waals surface area contributed by atoms with Crippen molar-refractivity contribution < 1.29 is 14.7 Å². The van der Waals surface area contributed by atoms with Crippen molar-refractivity contribution in [2.45, 2.75) is 19.9 Å². The number of carbonyl (C=O) groups is 2. The SMILES string of the molecule is CC(=O)N1CCCN(Cc2c(C(=O)O)cnn2C)CC1. The lowest BCUT2D eigenvalue weighted by Crippen LogP contribution is -2.33. The molecule has 20 heavy (non-hydrogen) atoms. The third-order valence-electron chi connectivity index (χ3n) is 3.70. The second kappa shape index (κ2) is 6.04. The van der Waals surface area contributed by atoms with Gasteiger partial charge < -0.3 is 10.0 Å². The molecule has 0 radical (unpaired) electrons. The van der Waals surface area contributed by atoms with Gasteiger partial charge in [-0.05, 0) is 6.42 Å². The molecule has 1 aliphatic rings. The van der Waals surface area contributed by atoms with E-state index in [0.717, 1.165) is 26.1 Å². The minimum absolute atomic E-state index is 0.0959. The highest BCUT2D eigenvalue weighted by Gasteiger charge is 2.21. The highest BCUT2D eigenvalue weighted by atomic mass is 16.4. The molecule has 0 spiro atoms. The zero-order valence-corrected chi connectivity index (χ0v) is 11.9. The molecule has 7 heteroatoms. The minimum Gasteiger partial charge on any atom is -0.478 e. The third-order valence-corrected chi connectivity index (χ3v) is 3.70. The standard InChI is InChI=1S/C13H20N4O3/c1-10(18)17-5-3-4-16(6-7-17)9-12-11(13(19)20)8-14-15(12)2/h8H,3-7,9H2,1-2H3,(H,19,20). The van der Waals surface area contributed by atoms with E-state index in [-0.39, 0.29) is 11.5 Å². The van der Waals surface area contributed by atoms with Gasteiger partial charge in [0.05, 0.1) is 11.9 Å². The van der Waals surface area contributed by atoms with Crippen molar-refractivity contribution in [3.63, 3.8) is 0 Å². The van der Waals surface area contributed by atoms with Gasteiger partial charge in [-0.3, -0.25) is 14.4 Å². The second-order valence-electron chi connectivity index (χ2n) is 5.07. The molecule has 0 saturated carbocycles. The van der Waals surface area contributed by atoms with Crippen LogP contribution in [0, 0.1) is 0 Å². The predicted octanol–water partition coefficient (Wildman–Crippen LogP) is 0.173. The normalized spacial score (nSPS) is 17.0. The molecule has 0 bridgehead atoms. The van der Waals surface area contributed by atoms with Gasteiger partial charge in [-0.1, -0.05) is 0 Å². The molecule has 7 nitrogen and oxygen atoms in total. The molecule has 2 heterocycles. The van der Waals surface area contributed by atoms with Gasteiger partial charge in [0.25, 0.3) is 0 Å².